The van der Waals surface area contributed by atoms with Crippen LogP contribution in [-0.2, 0) is 14.8 Å². The third-order valence-electron chi connectivity index (χ3n) is 4.06. The minimum absolute atomic E-state index is 0.0249. The molecule has 1 amide bonds. The SMILES string of the molecule is Cc1ccc(C(=O)Nc2ccncc2F)cc1S(=O)(=O)N1CCOCC1. The zero-order chi connectivity index (χ0) is 18.7. The third-order valence-corrected chi connectivity index (χ3v) is 6.10. The first kappa shape index (κ1) is 18.4. The minimum atomic E-state index is -3.74. The quantitative estimate of drug-likeness (QED) is 0.875. The third kappa shape index (κ3) is 3.74. The molecule has 1 saturated heterocycles. The number of nitrogens with zero attached hydrogens (tertiary/aromatic N) is 2. The van der Waals surface area contributed by atoms with Crippen molar-refractivity contribution in [2.75, 3.05) is 31.6 Å². The summed E-state index contributed by atoms with van der Waals surface area (Å²) in [6.45, 7) is 2.86. The van der Waals surface area contributed by atoms with Crippen molar-refractivity contribution in [2.24, 2.45) is 0 Å². The number of hydrogen-bond acceptors (Lipinski definition) is 5. The van der Waals surface area contributed by atoms with Crippen LogP contribution in [0.4, 0.5) is 10.1 Å². The summed E-state index contributed by atoms with van der Waals surface area (Å²) in [5.74, 6) is -1.28. The van der Waals surface area contributed by atoms with Gasteiger partial charge < -0.3 is 10.1 Å². The number of rotatable bonds is 4. The van der Waals surface area contributed by atoms with Crippen molar-refractivity contribution in [1.29, 1.82) is 0 Å². The summed E-state index contributed by atoms with van der Waals surface area (Å²) >= 11 is 0. The molecule has 2 aromatic rings. The van der Waals surface area contributed by atoms with Crippen molar-refractivity contribution in [3.8, 4) is 0 Å². The number of aryl methyl sites for hydroxylation is 1. The van der Waals surface area contributed by atoms with Gasteiger partial charge in [0.2, 0.25) is 10.0 Å². The number of ether oxygens (including phenoxy) is 1. The largest absolute Gasteiger partial charge is 0.379 e. The Morgan fingerprint density at radius 3 is 2.69 bits per heavy atom. The number of halogens is 1. The molecule has 0 saturated carbocycles. The average Bonchev–Trinajstić information content (AvgIpc) is 2.64. The van der Waals surface area contributed by atoms with Gasteiger partial charge in [0.1, 0.15) is 0 Å². The van der Waals surface area contributed by atoms with E-state index in [0.717, 1.165) is 6.20 Å². The molecule has 0 aliphatic carbocycles. The second-order valence-electron chi connectivity index (χ2n) is 5.81. The molecule has 1 fully saturated rings. The van der Waals surface area contributed by atoms with E-state index >= 15 is 0 Å². The molecule has 1 aliphatic heterocycles. The summed E-state index contributed by atoms with van der Waals surface area (Å²) in [4.78, 5) is 16.1. The van der Waals surface area contributed by atoms with Gasteiger partial charge in [-0.1, -0.05) is 6.07 Å². The van der Waals surface area contributed by atoms with E-state index in [1.807, 2.05) is 0 Å². The fourth-order valence-corrected chi connectivity index (χ4v) is 4.28. The highest BCUT2D eigenvalue weighted by molar-refractivity contribution is 7.89. The Morgan fingerprint density at radius 1 is 1.27 bits per heavy atom. The Kier molecular flexibility index (Phi) is 5.30. The minimum Gasteiger partial charge on any atom is -0.379 e. The Balaban J connectivity index is 1.90. The number of carbonyl (C=O) groups is 1. The second kappa shape index (κ2) is 7.48. The van der Waals surface area contributed by atoms with Crippen LogP contribution in [0, 0.1) is 12.7 Å². The lowest BCUT2D eigenvalue weighted by Gasteiger charge is -2.26. The maximum Gasteiger partial charge on any atom is 0.255 e. The number of benzene rings is 1. The standard InChI is InChI=1S/C17H18FN3O4S/c1-12-2-3-13(17(22)20-15-4-5-19-11-14(15)18)10-16(12)26(23,24)21-6-8-25-9-7-21/h2-5,10-11H,6-9H2,1H3,(H,19,20,22). The van der Waals surface area contributed by atoms with E-state index in [-0.39, 0.29) is 29.2 Å². The van der Waals surface area contributed by atoms with Crippen LogP contribution in [-0.4, -0.2) is 49.9 Å². The van der Waals surface area contributed by atoms with Gasteiger partial charge in [-0.2, -0.15) is 4.31 Å². The van der Waals surface area contributed by atoms with Crippen LogP contribution in [0.1, 0.15) is 15.9 Å². The highest BCUT2D eigenvalue weighted by Gasteiger charge is 2.28. The number of hydrogen-bond donors (Lipinski definition) is 1. The number of sulfonamides is 1. The first-order valence-electron chi connectivity index (χ1n) is 7.99. The Hall–Kier alpha value is -2.36. The van der Waals surface area contributed by atoms with Crippen molar-refractivity contribution < 1.29 is 22.3 Å². The van der Waals surface area contributed by atoms with Crippen LogP contribution < -0.4 is 5.32 Å². The normalized spacial score (nSPS) is 15.6. The van der Waals surface area contributed by atoms with Gasteiger partial charge in [-0.25, -0.2) is 12.8 Å². The van der Waals surface area contributed by atoms with E-state index in [1.54, 1.807) is 13.0 Å². The maximum atomic E-state index is 13.6. The fraction of sp³-hybridized carbons (Fsp3) is 0.294. The number of carbonyl (C=O) groups excluding carboxylic acids is 1. The van der Waals surface area contributed by atoms with Gasteiger partial charge in [0, 0.05) is 24.8 Å². The van der Waals surface area contributed by atoms with Gasteiger partial charge in [-0.15, -0.1) is 0 Å². The predicted molar refractivity (Wildman–Crippen MR) is 92.9 cm³/mol. The van der Waals surface area contributed by atoms with E-state index in [9.17, 15) is 17.6 Å². The second-order valence-corrected chi connectivity index (χ2v) is 7.71. The maximum absolute atomic E-state index is 13.6. The van der Waals surface area contributed by atoms with E-state index in [4.69, 9.17) is 4.74 Å². The first-order chi connectivity index (χ1) is 12.4. The molecule has 0 atom stereocenters. The number of morpholine rings is 1. The monoisotopic (exact) mass is 379 g/mol. The zero-order valence-electron chi connectivity index (χ0n) is 14.1. The summed E-state index contributed by atoms with van der Waals surface area (Å²) in [6.07, 6.45) is 2.33. The van der Waals surface area contributed by atoms with Crippen molar-refractivity contribution >= 4 is 21.6 Å². The van der Waals surface area contributed by atoms with E-state index in [2.05, 4.69) is 10.3 Å². The highest BCUT2D eigenvalue weighted by atomic mass is 32.2. The van der Waals surface area contributed by atoms with Crippen molar-refractivity contribution in [3.05, 3.63) is 53.6 Å². The smallest absolute Gasteiger partial charge is 0.255 e. The number of amides is 1. The number of aromatic nitrogens is 1. The van der Waals surface area contributed by atoms with Crippen LogP contribution in [0.25, 0.3) is 0 Å². The van der Waals surface area contributed by atoms with E-state index in [1.165, 1.54) is 28.7 Å². The molecule has 0 bridgehead atoms. The average molecular weight is 379 g/mol. The molecule has 9 heteroatoms. The summed E-state index contributed by atoms with van der Waals surface area (Å²) in [5.41, 5.74) is 0.630. The molecule has 1 aliphatic rings. The van der Waals surface area contributed by atoms with Gasteiger partial charge in [0.25, 0.3) is 5.91 Å². The molecule has 0 spiro atoms. The van der Waals surface area contributed by atoms with Gasteiger partial charge in [-0.05, 0) is 30.7 Å². The first-order valence-corrected chi connectivity index (χ1v) is 9.43. The molecule has 3 rings (SSSR count). The number of anilines is 1. The van der Waals surface area contributed by atoms with Crippen molar-refractivity contribution in [1.82, 2.24) is 9.29 Å². The Bertz CT molecular complexity index is 927. The van der Waals surface area contributed by atoms with Gasteiger partial charge in [0.05, 0.1) is 30.0 Å². The van der Waals surface area contributed by atoms with Crippen LogP contribution in [0.3, 0.4) is 0 Å². The van der Waals surface area contributed by atoms with Crippen LogP contribution in [0.5, 0.6) is 0 Å². The molecule has 1 N–H and O–H groups in total. The molecular weight excluding hydrogens is 361 g/mol. The van der Waals surface area contributed by atoms with Crippen molar-refractivity contribution in [2.45, 2.75) is 11.8 Å². The summed E-state index contributed by atoms with van der Waals surface area (Å²) in [6, 6.07) is 5.70. The van der Waals surface area contributed by atoms with Gasteiger partial charge in [0.15, 0.2) is 5.82 Å². The lowest BCUT2D eigenvalue weighted by atomic mass is 10.1. The molecule has 138 valence electrons. The molecule has 1 aromatic heterocycles. The molecule has 2 heterocycles. The Labute approximate surface area is 150 Å². The lowest BCUT2D eigenvalue weighted by molar-refractivity contribution is 0.0730. The summed E-state index contributed by atoms with van der Waals surface area (Å²) < 4.78 is 45.9. The van der Waals surface area contributed by atoms with Crippen LogP contribution >= 0.6 is 0 Å². The molecule has 26 heavy (non-hydrogen) atoms. The topological polar surface area (TPSA) is 88.6 Å². The number of nitrogens with one attached hydrogen (secondary N) is 1. The van der Waals surface area contributed by atoms with Gasteiger partial charge >= 0.3 is 0 Å². The molecule has 0 unspecified atom stereocenters. The van der Waals surface area contributed by atoms with E-state index < -0.39 is 21.7 Å². The summed E-state index contributed by atoms with van der Waals surface area (Å²) in [5, 5.41) is 2.42. The molecular formula is C17H18FN3O4S. The molecule has 7 nitrogen and oxygen atoms in total. The zero-order valence-corrected chi connectivity index (χ0v) is 14.9. The van der Waals surface area contributed by atoms with Gasteiger partial charge in [-0.3, -0.25) is 9.78 Å². The molecule has 1 aromatic carbocycles. The number of pyridine rings is 1. The Morgan fingerprint density at radius 2 is 2.00 bits per heavy atom. The lowest BCUT2D eigenvalue weighted by Crippen LogP contribution is -2.40. The fourth-order valence-electron chi connectivity index (χ4n) is 2.62. The van der Waals surface area contributed by atoms with E-state index in [0.29, 0.717) is 18.8 Å². The van der Waals surface area contributed by atoms with Crippen molar-refractivity contribution in [3.63, 3.8) is 0 Å². The van der Waals surface area contributed by atoms with Crippen LogP contribution in [0.2, 0.25) is 0 Å². The molecule has 0 radical (unpaired) electrons. The van der Waals surface area contributed by atoms with Crippen LogP contribution in [0.15, 0.2) is 41.6 Å². The predicted octanol–water partition coefficient (Wildman–Crippen LogP) is 1.80. The highest BCUT2D eigenvalue weighted by Crippen LogP contribution is 2.23. The summed E-state index contributed by atoms with van der Waals surface area (Å²) in [7, 11) is -3.74.